The van der Waals surface area contributed by atoms with E-state index >= 15 is 0 Å². The molecular formula is C20H27NO. The van der Waals surface area contributed by atoms with Crippen LogP contribution in [0.25, 0.3) is 0 Å². The SMILES string of the molecule is CCC1=CC2C(C(C)=O)CC1(C)C(Cc1ccccc1)N2C. The van der Waals surface area contributed by atoms with Gasteiger partial charge in [-0.25, -0.2) is 0 Å². The Hall–Kier alpha value is -1.41. The van der Waals surface area contributed by atoms with Gasteiger partial charge >= 0.3 is 0 Å². The molecule has 0 spiro atoms. The number of benzene rings is 1. The third-order valence-corrected chi connectivity index (χ3v) is 6.03. The lowest BCUT2D eigenvalue weighted by atomic mass is 9.57. The van der Waals surface area contributed by atoms with Gasteiger partial charge in [0.05, 0.1) is 0 Å². The van der Waals surface area contributed by atoms with Gasteiger partial charge in [0.2, 0.25) is 0 Å². The van der Waals surface area contributed by atoms with Crippen LogP contribution >= 0.6 is 0 Å². The average molecular weight is 297 g/mol. The second kappa shape index (κ2) is 5.66. The molecule has 1 aromatic rings. The van der Waals surface area contributed by atoms with Crippen LogP contribution < -0.4 is 0 Å². The Balaban J connectivity index is 1.96. The number of ketones is 1. The van der Waals surface area contributed by atoms with Crippen LogP contribution in [0.2, 0.25) is 0 Å². The van der Waals surface area contributed by atoms with Gasteiger partial charge < -0.3 is 0 Å². The molecule has 4 rings (SSSR count). The first-order chi connectivity index (χ1) is 10.5. The molecule has 2 aliphatic heterocycles. The molecule has 1 saturated heterocycles. The number of hydrogen-bond donors (Lipinski definition) is 0. The molecule has 2 heteroatoms. The lowest BCUT2D eigenvalue weighted by Crippen LogP contribution is -2.63. The number of hydrogen-bond acceptors (Lipinski definition) is 2. The minimum atomic E-state index is 0.116. The summed E-state index contributed by atoms with van der Waals surface area (Å²) >= 11 is 0. The number of Topliss-reactive ketones (excluding diaryl/α,β-unsaturated/α-hetero) is 1. The topological polar surface area (TPSA) is 20.3 Å². The molecule has 0 N–H and O–H groups in total. The molecule has 0 saturated carbocycles. The number of piperidine rings is 1. The minimum absolute atomic E-state index is 0.116. The van der Waals surface area contributed by atoms with Crippen molar-refractivity contribution in [2.75, 3.05) is 7.05 Å². The van der Waals surface area contributed by atoms with E-state index in [1.807, 2.05) is 0 Å². The zero-order valence-corrected chi connectivity index (χ0v) is 14.2. The van der Waals surface area contributed by atoms with Gasteiger partial charge in [-0.05, 0) is 38.8 Å². The molecular weight excluding hydrogens is 270 g/mol. The van der Waals surface area contributed by atoms with Crippen LogP contribution in [-0.4, -0.2) is 29.8 Å². The lowest BCUT2D eigenvalue weighted by Gasteiger charge is -2.58. The zero-order valence-electron chi connectivity index (χ0n) is 14.2. The number of carbonyl (C=O) groups is 1. The smallest absolute Gasteiger partial charge is 0.134 e. The van der Waals surface area contributed by atoms with E-state index in [0.717, 1.165) is 19.3 Å². The summed E-state index contributed by atoms with van der Waals surface area (Å²) in [6, 6.07) is 11.5. The van der Waals surface area contributed by atoms with E-state index in [-0.39, 0.29) is 17.4 Å². The molecule has 1 aliphatic carbocycles. The maximum absolute atomic E-state index is 12.1. The van der Waals surface area contributed by atoms with E-state index in [2.05, 4.69) is 62.2 Å². The highest BCUT2D eigenvalue weighted by Gasteiger charge is 2.53. The molecule has 2 nitrogen and oxygen atoms in total. The molecule has 0 aromatic heterocycles. The van der Waals surface area contributed by atoms with Gasteiger partial charge in [-0.3, -0.25) is 9.69 Å². The molecule has 2 heterocycles. The van der Waals surface area contributed by atoms with E-state index < -0.39 is 0 Å². The van der Waals surface area contributed by atoms with Crippen LogP contribution in [-0.2, 0) is 11.2 Å². The highest BCUT2D eigenvalue weighted by Crippen LogP contribution is 2.52. The minimum Gasteiger partial charge on any atom is -0.300 e. The summed E-state index contributed by atoms with van der Waals surface area (Å²) in [7, 11) is 2.20. The first kappa shape index (κ1) is 15.5. The Bertz CT molecular complexity index is 591. The second-order valence-electron chi connectivity index (χ2n) is 7.25. The molecule has 1 fully saturated rings. The summed E-state index contributed by atoms with van der Waals surface area (Å²) in [4.78, 5) is 14.5. The summed E-state index contributed by atoms with van der Waals surface area (Å²) in [6.07, 6.45) is 5.55. The van der Waals surface area contributed by atoms with Gasteiger partial charge in [-0.1, -0.05) is 55.8 Å². The molecule has 22 heavy (non-hydrogen) atoms. The van der Waals surface area contributed by atoms with E-state index in [4.69, 9.17) is 0 Å². The largest absolute Gasteiger partial charge is 0.300 e. The third-order valence-electron chi connectivity index (χ3n) is 6.03. The van der Waals surface area contributed by atoms with Gasteiger partial charge in [0.15, 0.2) is 0 Å². The molecule has 0 amide bonds. The van der Waals surface area contributed by atoms with Gasteiger partial charge in [0.25, 0.3) is 0 Å². The number of carbonyl (C=O) groups excluding carboxylic acids is 1. The van der Waals surface area contributed by atoms with Crippen LogP contribution in [0, 0.1) is 11.3 Å². The van der Waals surface area contributed by atoms with Crippen molar-refractivity contribution in [3.8, 4) is 0 Å². The van der Waals surface area contributed by atoms with Crippen LogP contribution in [0.4, 0.5) is 0 Å². The first-order valence-electron chi connectivity index (χ1n) is 8.45. The average Bonchev–Trinajstić information content (AvgIpc) is 2.51. The van der Waals surface area contributed by atoms with Crippen LogP contribution in [0.15, 0.2) is 42.0 Å². The number of fused-ring (bicyclic) bond motifs is 2. The highest BCUT2D eigenvalue weighted by molar-refractivity contribution is 5.80. The van der Waals surface area contributed by atoms with Gasteiger partial charge in [0.1, 0.15) is 5.78 Å². The molecule has 4 unspecified atom stereocenters. The van der Waals surface area contributed by atoms with E-state index in [1.54, 1.807) is 12.5 Å². The van der Waals surface area contributed by atoms with Crippen molar-refractivity contribution in [2.45, 2.75) is 52.1 Å². The molecule has 1 aromatic carbocycles. The Labute approximate surface area is 134 Å². The maximum atomic E-state index is 12.1. The Morgan fingerprint density at radius 1 is 1.32 bits per heavy atom. The number of rotatable bonds is 4. The molecule has 118 valence electrons. The van der Waals surface area contributed by atoms with Crippen molar-refractivity contribution < 1.29 is 4.79 Å². The van der Waals surface area contributed by atoms with Crippen molar-refractivity contribution in [3.63, 3.8) is 0 Å². The number of nitrogens with zero attached hydrogens (tertiary/aromatic N) is 1. The van der Waals surface area contributed by atoms with Crippen LogP contribution in [0.3, 0.4) is 0 Å². The molecule has 2 bridgehead atoms. The fourth-order valence-electron chi connectivity index (χ4n) is 4.74. The molecule has 4 atom stereocenters. The molecule has 0 radical (unpaired) electrons. The van der Waals surface area contributed by atoms with Crippen molar-refractivity contribution in [2.24, 2.45) is 11.3 Å². The first-order valence-corrected chi connectivity index (χ1v) is 8.45. The predicted molar refractivity (Wildman–Crippen MR) is 90.8 cm³/mol. The third kappa shape index (κ3) is 2.34. The fraction of sp³-hybridized carbons (Fsp3) is 0.550. The summed E-state index contributed by atoms with van der Waals surface area (Å²) < 4.78 is 0. The Kier molecular flexibility index (Phi) is 3.98. The van der Waals surface area contributed by atoms with E-state index in [0.29, 0.717) is 11.8 Å². The summed E-state index contributed by atoms with van der Waals surface area (Å²) in [5.74, 6) is 0.505. The monoisotopic (exact) mass is 297 g/mol. The van der Waals surface area contributed by atoms with Crippen molar-refractivity contribution >= 4 is 5.78 Å². The number of likely N-dealkylation sites (N-methyl/N-ethyl adjacent to an activating group) is 1. The van der Waals surface area contributed by atoms with E-state index in [1.165, 1.54) is 5.56 Å². The van der Waals surface area contributed by atoms with Gasteiger partial charge in [-0.2, -0.15) is 0 Å². The molecule has 3 aliphatic rings. The Morgan fingerprint density at radius 2 is 2.00 bits per heavy atom. The maximum Gasteiger partial charge on any atom is 0.134 e. The van der Waals surface area contributed by atoms with Gasteiger partial charge in [0, 0.05) is 23.4 Å². The van der Waals surface area contributed by atoms with Crippen LogP contribution in [0.1, 0.15) is 39.2 Å². The lowest BCUT2D eigenvalue weighted by molar-refractivity contribution is -0.128. The van der Waals surface area contributed by atoms with Crippen LogP contribution in [0.5, 0.6) is 0 Å². The second-order valence-corrected chi connectivity index (χ2v) is 7.25. The van der Waals surface area contributed by atoms with Gasteiger partial charge in [-0.15, -0.1) is 0 Å². The Morgan fingerprint density at radius 3 is 2.59 bits per heavy atom. The van der Waals surface area contributed by atoms with Crippen molar-refractivity contribution in [1.82, 2.24) is 4.90 Å². The summed E-state index contributed by atoms with van der Waals surface area (Å²) in [5, 5.41) is 0. The normalized spacial score (nSPS) is 34.5. The highest BCUT2D eigenvalue weighted by atomic mass is 16.1. The zero-order chi connectivity index (χ0) is 15.9. The summed E-state index contributed by atoms with van der Waals surface area (Å²) in [5.41, 5.74) is 3.06. The van der Waals surface area contributed by atoms with E-state index in [9.17, 15) is 4.79 Å². The van der Waals surface area contributed by atoms with Crippen molar-refractivity contribution in [3.05, 3.63) is 47.5 Å². The standard InChI is InChI=1S/C20H27NO/c1-5-16-12-18-17(14(2)22)13-20(16,3)19(21(18)4)11-15-9-7-6-8-10-15/h6-10,12,17-19H,5,11,13H2,1-4H3. The van der Waals surface area contributed by atoms with Crippen molar-refractivity contribution in [1.29, 1.82) is 0 Å². The predicted octanol–water partition coefficient (Wildman–Crippen LogP) is 3.86. The quantitative estimate of drug-likeness (QED) is 0.787. The summed E-state index contributed by atoms with van der Waals surface area (Å²) in [6.45, 7) is 6.38. The fourth-order valence-corrected chi connectivity index (χ4v) is 4.74.